The van der Waals surface area contributed by atoms with Crippen molar-refractivity contribution < 1.29 is 13.9 Å². The Hall–Kier alpha value is -2.89. The number of benzene rings is 2. The van der Waals surface area contributed by atoms with E-state index in [-0.39, 0.29) is 23.7 Å². The highest BCUT2D eigenvalue weighted by molar-refractivity contribution is 5.88. The molecule has 0 unspecified atom stereocenters. The number of hydrogen-bond donors (Lipinski definition) is 1. The summed E-state index contributed by atoms with van der Waals surface area (Å²) in [6.45, 7) is 2.64. The number of carbonyl (C=O) groups excluding carboxylic acids is 1. The van der Waals surface area contributed by atoms with Crippen molar-refractivity contribution in [2.24, 2.45) is 5.92 Å². The van der Waals surface area contributed by atoms with E-state index in [1.54, 1.807) is 6.07 Å². The summed E-state index contributed by atoms with van der Waals surface area (Å²) < 4.78 is 22.3. The number of amides is 1. The third-order valence-corrected chi connectivity index (χ3v) is 5.72. The normalized spacial score (nSPS) is 20.4. The number of hydrogen-bond acceptors (Lipinski definition) is 3. The molecule has 2 aromatic carbocycles. The molecule has 1 aromatic heterocycles. The molecule has 1 aliphatic carbocycles. The van der Waals surface area contributed by atoms with E-state index in [1.807, 2.05) is 31.5 Å². The van der Waals surface area contributed by atoms with Gasteiger partial charge in [0.2, 0.25) is 5.91 Å². The monoisotopic (exact) mass is 379 g/mol. The van der Waals surface area contributed by atoms with Gasteiger partial charge in [0.15, 0.2) is 0 Å². The summed E-state index contributed by atoms with van der Waals surface area (Å²) >= 11 is 0. The first-order chi connectivity index (χ1) is 13.6. The maximum absolute atomic E-state index is 13.7. The molecule has 6 heteroatoms. The number of halogens is 1. The largest absolute Gasteiger partial charge is 0.488 e. The van der Waals surface area contributed by atoms with Gasteiger partial charge in [-0.25, -0.2) is 9.37 Å². The van der Waals surface area contributed by atoms with Crippen LogP contribution >= 0.6 is 0 Å². The van der Waals surface area contributed by atoms with Gasteiger partial charge in [0.1, 0.15) is 23.2 Å². The number of aromatic nitrogens is 2. The average Bonchev–Trinajstić information content (AvgIpc) is 3.28. The van der Waals surface area contributed by atoms with Crippen LogP contribution in [0.1, 0.15) is 32.2 Å². The second-order valence-corrected chi connectivity index (χ2v) is 7.83. The number of nitrogens with one attached hydrogen (secondary N) is 1. The zero-order valence-corrected chi connectivity index (χ0v) is 15.7. The molecule has 0 bridgehead atoms. The molecule has 1 amide bonds. The second-order valence-electron chi connectivity index (χ2n) is 7.83. The highest BCUT2D eigenvalue weighted by atomic mass is 19.1. The first kappa shape index (κ1) is 17.2. The summed E-state index contributed by atoms with van der Waals surface area (Å²) in [5, 5.41) is 2.87. The molecule has 2 aliphatic rings. The van der Waals surface area contributed by atoms with Gasteiger partial charge in [0, 0.05) is 24.9 Å². The smallest absolute Gasteiger partial charge is 0.220 e. The average molecular weight is 379 g/mol. The van der Waals surface area contributed by atoms with Gasteiger partial charge >= 0.3 is 0 Å². The maximum atomic E-state index is 13.7. The summed E-state index contributed by atoms with van der Waals surface area (Å²) in [4.78, 5) is 16.2. The minimum atomic E-state index is -0.271. The van der Waals surface area contributed by atoms with Gasteiger partial charge in [0.25, 0.3) is 0 Å². The standard InChI is InChI=1S/C22H22FN3O2/c1-13(16-10-21(27)24-11-16)28-20-9-15(14-3-2-4-17(23)7-14)8-19-22(20)26(12-25-19)18-5-6-18/h2-4,7-9,12-13,16,18H,5-6,10-11H2,1H3,(H,24,27)/t13-,16-/m1/s1. The lowest BCUT2D eigenvalue weighted by Crippen LogP contribution is -2.25. The van der Waals surface area contributed by atoms with Crippen LogP contribution in [0.25, 0.3) is 22.2 Å². The molecule has 5 rings (SSSR count). The van der Waals surface area contributed by atoms with E-state index < -0.39 is 0 Å². The molecular formula is C22H22FN3O2. The van der Waals surface area contributed by atoms with Crippen LogP contribution in [0.4, 0.5) is 4.39 Å². The van der Waals surface area contributed by atoms with E-state index in [0.29, 0.717) is 19.0 Å². The molecular weight excluding hydrogens is 357 g/mol. The maximum Gasteiger partial charge on any atom is 0.220 e. The lowest BCUT2D eigenvalue weighted by Gasteiger charge is -2.21. The Balaban J connectivity index is 1.57. The number of nitrogens with zero attached hydrogens (tertiary/aromatic N) is 2. The Labute approximate surface area is 162 Å². The topological polar surface area (TPSA) is 56.1 Å². The number of ether oxygens (including phenoxy) is 1. The van der Waals surface area contributed by atoms with Crippen LogP contribution in [-0.4, -0.2) is 28.1 Å². The van der Waals surface area contributed by atoms with Crippen molar-refractivity contribution in [3.05, 3.63) is 48.5 Å². The first-order valence-electron chi connectivity index (χ1n) is 9.78. The van der Waals surface area contributed by atoms with Gasteiger partial charge in [-0.15, -0.1) is 0 Å². The molecule has 0 spiro atoms. The third kappa shape index (κ3) is 3.13. The van der Waals surface area contributed by atoms with E-state index in [9.17, 15) is 9.18 Å². The summed E-state index contributed by atoms with van der Waals surface area (Å²) in [7, 11) is 0. The Kier molecular flexibility index (Phi) is 4.07. The second kappa shape index (κ2) is 6.62. The highest BCUT2D eigenvalue weighted by Crippen LogP contribution is 2.41. The van der Waals surface area contributed by atoms with Crippen molar-refractivity contribution in [3.63, 3.8) is 0 Å². The Morgan fingerprint density at radius 3 is 2.82 bits per heavy atom. The SMILES string of the molecule is C[C@@H](Oc1cc(-c2cccc(F)c2)cc2ncn(C3CC3)c12)[C@H]1CNC(=O)C1. The quantitative estimate of drug-likeness (QED) is 0.727. The Morgan fingerprint density at radius 2 is 2.11 bits per heavy atom. The van der Waals surface area contributed by atoms with Gasteiger partial charge < -0.3 is 14.6 Å². The van der Waals surface area contributed by atoms with Crippen LogP contribution in [-0.2, 0) is 4.79 Å². The molecule has 1 N–H and O–H groups in total. The zero-order chi connectivity index (χ0) is 19.3. The van der Waals surface area contributed by atoms with E-state index in [0.717, 1.165) is 40.8 Å². The van der Waals surface area contributed by atoms with Crippen molar-refractivity contribution in [3.8, 4) is 16.9 Å². The van der Waals surface area contributed by atoms with Crippen LogP contribution in [0, 0.1) is 11.7 Å². The number of carbonyl (C=O) groups is 1. The fourth-order valence-corrected chi connectivity index (χ4v) is 3.94. The number of fused-ring (bicyclic) bond motifs is 1. The minimum Gasteiger partial charge on any atom is -0.488 e. The fraction of sp³-hybridized carbons (Fsp3) is 0.364. The summed E-state index contributed by atoms with van der Waals surface area (Å²) in [5.74, 6) is 0.681. The van der Waals surface area contributed by atoms with Crippen molar-refractivity contribution in [2.45, 2.75) is 38.3 Å². The molecule has 1 saturated heterocycles. The van der Waals surface area contributed by atoms with Crippen molar-refractivity contribution in [1.29, 1.82) is 0 Å². The van der Waals surface area contributed by atoms with Gasteiger partial charge in [-0.1, -0.05) is 12.1 Å². The lowest BCUT2D eigenvalue weighted by atomic mass is 10.0. The summed E-state index contributed by atoms with van der Waals surface area (Å²) in [5.41, 5.74) is 3.48. The predicted molar refractivity (Wildman–Crippen MR) is 105 cm³/mol. The van der Waals surface area contributed by atoms with Crippen molar-refractivity contribution >= 4 is 16.9 Å². The molecule has 3 aromatic rings. The van der Waals surface area contributed by atoms with Crippen LogP contribution in [0.5, 0.6) is 5.75 Å². The van der Waals surface area contributed by atoms with Crippen LogP contribution in [0.3, 0.4) is 0 Å². The van der Waals surface area contributed by atoms with Crippen molar-refractivity contribution in [2.75, 3.05) is 6.54 Å². The molecule has 1 saturated carbocycles. The van der Waals surface area contributed by atoms with Crippen LogP contribution in [0.2, 0.25) is 0 Å². The van der Waals surface area contributed by atoms with Crippen LogP contribution < -0.4 is 10.1 Å². The van der Waals surface area contributed by atoms with Crippen LogP contribution in [0.15, 0.2) is 42.7 Å². The third-order valence-electron chi connectivity index (χ3n) is 5.72. The molecule has 5 nitrogen and oxygen atoms in total. The number of imidazole rings is 1. The van der Waals surface area contributed by atoms with Gasteiger partial charge in [0.05, 0.1) is 11.8 Å². The molecule has 144 valence electrons. The van der Waals surface area contributed by atoms with Gasteiger partial charge in [-0.3, -0.25) is 4.79 Å². The molecule has 28 heavy (non-hydrogen) atoms. The van der Waals surface area contributed by atoms with Gasteiger partial charge in [-0.2, -0.15) is 0 Å². The van der Waals surface area contributed by atoms with E-state index in [1.165, 1.54) is 12.1 Å². The molecule has 2 fully saturated rings. The van der Waals surface area contributed by atoms with Crippen molar-refractivity contribution in [1.82, 2.24) is 14.9 Å². The first-order valence-corrected chi connectivity index (χ1v) is 9.78. The molecule has 1 aliphatic heterocycles. The lowest BCUT2D eigenvalue weighted by molar-refractivity contribution is -0.119. The van der Waals surface area contributed by atoms with E-state index in [2.05, 4.69) is 14.9 Å². The molecule has 2 atom stereocenters. The number of rotatable bonds is 5. The Morgan fingerprint density at radius 1 is 1.25 bits per heavy atom. The van der Waals surface area contributed by atoms with Gasteiger partial charge in [-0.05, 0) is 55.2 Å². The minimum absolute atomic E-state index is 0.0714. The Bertz CT molecular complexity index is 1060. The predicted octanol–water partition coefficient (Wildman–Crippen LogP) is 4.08. The summed E-state index contributed by atoms with van der Waals surface area (Å²) in [6, 6.07) is 11.0. The van der Waals surface area contributed by atoms with E-state index >= 15 is 0 Å². The highest BCUT2D eigenvalue weighted by Gasteiger charge is 2.30. The zero-order valence-electron chi connectivity index (χ0n) is 15.7. The molecule has 0 radical (unpaired) electrons. The summed E-state index contributed by atoms with van der Waals surface area (Å²) in [6.07, 6.45) is 4.53. The van der Waals surface area contributed by atoms with E-state index in [4.69, 9.17) is 4.74 Å². The fourth-order valence-electron chi connectivity index (χ4n) is 3.94. The molecule has 2 heterocycles.